The van der Waals surface area contributed by atoms with Crippen molar-refractivity contribution < 1.29 is 23.9 Å². The lowest BCUT2D eigenvalue weighted by atomic mass is 9.63. The molecule has 0 N–H and O–H groups in total. The van der Waals surface area contributed by atoms with E-state index in [9.17, 15) is 14.4 Å². The Balaban J connectivity index is 1.66. The smallest absolute Gasteiger partial charge is 0.309 e. The fourth-order valence-electron chi connectivity index (χ4n) is 6.39. The van der Waals surface area contributed by atoms with Crippen LogP contribution in [0.2, 0.25) is 0 Å². The Morgan fingerprint density at radius 1 is 1.25 bits per heavy atom. The molecule has 5 fully saturated rings. The summed E-state index contributed by atoms with van der Waals surface area (Å²) in [6.45, 7) is 7.89. The van der Waals surface area contributed by atoms with Gasteiger partial charge in [-0.1, -0.05) is 12.2 Å². The Morgan fingerprint density at radius 2 is 2.00 bits per heavy atom. The van der Waals surface area contributed by atoms with Gasteiger partial charge in [0.1, 0.15) is 18.0 Å². The zero-order valence-electron chi connectivity index (χ0n) is 14.0. The summed E-state index contributed by atoms with van der Waals surface area (Å²) >= 11 is 0. The largest absolute Gasteiger partial charge is 0.462 e. The molecule has 0 aromatic rings. The predicted octanol–water partition coefficient (Wildman–Crippen LogP) is 1.69. The van der Waals surface area contributed by atoms with Gasteiger partial charge in [-0.25, -0.2) is 0 Å². The standard InChI is InChI=1S/C19H22O5/c1-7(2)8-4-9-12(10(20)5-8)17-16(21)15-14-11(6-19(15,3)24-17)23-18(22)13(9)14/h8-9,11-15,17H,1,4-6H2,2-3H3/t8-,9-,11+,12+,13-,14-,15-,17+,19-/m1/s1. The normalized spacial score (nSPS) is 54.5. The molecule has 2 bridgehead atoms. The van der Waals surface area contributed by atoms with Gasteiger partial charge in [-0.05, 0) is 32.1 Å². The van der Waals surface area contributed by atoms with E-state index >= 15 is 0 Å². The molecule has 3 aliphatic carbocycles. The number of hydrogen-bond donors (Lipinski definition) is 0. The highest BCUT2D eigenvalue weighted by atomic mass is 16.6. The second-order valence-corrected chi connectivity index (χ2v) is 8.65. The molecule has 5 heteroatoms. The van der Waals surface area contributed by atoms with Crippen LogP contribution in [0.5, 0.6) is 0 Å². The molecule has 5 nitrogen and oxygen atoms in total. The van der Waals surface area contributed by atoms with Gasteiger partial charge in [0.2, 0.25) is 0 Å². The van der Waals surface area contributed by atoms with Crippen LogP contribution in [-0.2, 0) is 23.9 Å². The summed E-state index contributed by atoms with van der Waals surface area (Å²) in [4.78, 5) is 38.6. The van der Waals surface area contributed by atoms with E-state index in [1.54, 1.807) is 0 Å². The molecule has 0 aromatic carbocycles. The van der Waals surface area contributed by atoms with Crippen molar-refractivity contribution in [3.05, 3.63) is 12.2 Å². The first-order chi connectivity index (χ1) is 11.3. The van der Waals surface area contributed by atoms with Crippen LogP contribution in [0.15, 0.2) is 12.2 Å². The van der Waals surface area contributed by atoms with E-state index in [0.717, 1.165) is 12.0 Å². The van der Waals surface area contributed by atoms with Crippen LogP contribution in [0.4, 0.5) is 0 Å². The predicted molar refractivity (Wildman–Crippen MR) is 82.8 cm³/mol. The maximum atomic E-state index is 13.1. The molecule has 3 saturated carbocycles. The SMILES string of the molecule is C=C(C)[C@H]1CC(=O)[C@@H]2[C@@H](C1)[C@H]1C(=O)O[C@H]3C[C@@]4(C)O[C@@H]2C(=O)[C@H]4[C@@H]13. The van der Waals surface area contributed by atoms with Gasteiger partial charge >= 0.3 is 5.97 Å². The van der Waals surface area contributed by atoms with Crippen LogP contribution >= 0.6 is 0 Å². The van der Waals surface area contributed by atoms with E-state index in [2.05, 4.69) is 6.58 Å². The van der Waals surface area contributed by atoms with Gasteiger partial charge in [0.15, 0.2) is 5.78 Å². The van der Waals surface area contributed by atoms with Crippen molar-refractivity contribution >= 4 is 17.5 Å². The van der Waals surface area contributed by atoms with E-state index in [1.165, 1.54) is 0 Å². The second kappa shape index (κ2) is 4.37. The van der Waals surface area contributed by atoms with Crippen LogP contribution in [0, 0.1) is 35.5 Å². The van der Waals surface area contributed by atoms with E-state index in [1.807, 2.05) is 13.8 Å². The number of allylic oxidation sites excluding steroid dienone is 1. The van der Waals surface area contributed by atoms with E-state index in [4.69, 9.17) is 9.47 Å². The van der Waals surface area contributed by atoms with Gasteiger partial charge < -0.3 is 9.47 Å². The summed E-state index contributed by atoms with van der Waals surface area (Å²) in [7, 11) is 0. The molecule has 5 rings (SSSR count). The maximum Gasteiger partial charge on any atom is 0.309 e. The molecule has 2 aliphatic heterocycles. The minimum Gasteiger partial charge on any atom is -0.462 e. The molecule has 0 spiro atoms. The highest BCUT2D eigenvalue weighted by molar-refractivity contribution is 5.98. The van der Waals surface area contributed by atoms with Crippen LogP contribution in [0.1, 0.15) is 33.1 Å². The van der Waals surface area contributed by atoms with Gasteiger partial charge in [0, 0.05) is 18.8 Å². The molecule has 0 unspecified atom stereocenters. The number of rotatable bonds is 1. The number of Topliss-reactive ketones (excluding diaryl/α,β-unsaturated/α-hetero) is 2. The zero-order valence-corrected chi connectivity index (χ0v) is 14.0. The van der Waals surface area contributed by atoms with Gasteiger partial charge in [-0.3, -0.25) is 14.4 Å². The van der Waals surface area contributed by atoms with Crippen molar-refractivity contribution in [2.45, 2.75) is 50.9 Å². The molecular formula is C19H22O5. The third-order valence-electron chi connectivity index (χ3n) is 7.34. The van der Waals surface area contributed by atoms with Gasteiger partial charge in [0.05, 0.1) is 23.4 Å². The first-order valence-electron chi connectivity index (χ1n) is 8.92. The maximum absolute atomic E-state index is 13.1. The van der Waals surface area contributed by atoms with Crippen LogP contribution in [0.3, 0.4) is 0 Å². The topological polar surface area (TPSA) is 69.7 Å². The molecule has 24 heavy (non-hydrogen) atoms. The quantitative estimate of drug-likeness (QED) is 0.540. The third-order valence-corrected chi connectivity index (χ3v) is 7.34. The molecule has 0 amide bonds. The first-order valence-corrected chi connectivity index (χ1v) is 8.92. The zero-order chi connectivity index (χ0) is 17.0. The minimum absolute atomic E-state index is 0.0305. The Labute approximate surface area is 140 Å². The Morgan fingerprint density at radius 3 is 2.71 bits per heavy atom. The molecule has 2 saturated heterocycles. The first kappa shape index (κ1) is 14.8. The van der Waals surface area contributed by atoms with Crippen molar-refractivity contribution in [3.8, 4) is 0 Å². The molecule has 5 aliphatic rings. The number of carbonyl (C=O) groups is 3. The van der Waals surface area contributed by atoms with Crippen molar-refractivity contribution in [2.24, 2.45) is 35.5 Å². The molecule has 0 radical (unpaired) electrons. The highest BCUT2D eigenvalue weighted by Crippen LogP contribution is 2.63. The van der Waals surface area contributed by atoms with Crippen molar-refractivity contribution in [1.29, 1.82) is 0 Å². The number of carbonyl (C=O) groups excluding carboxylic acids is 3. The summed E-state index contributed by atoms with van der Waals surface area (Å²) in [6.07, 6.45) is 0.806. The minimum atomic E-state index is -0.664. The lowest BCUT2D eigenvalue weighted by Crippen LogP contribution is -2.47. The fraction of sp³-hybridized carbons (Fsp3) is 0.737. The van der Waals surface area contributed by atoms with Crippen LogP contribution in [0.25, 0.3) is 0 Å². The van der Waals surface area contributed by atoms with Crippen molar-refractivity contribution in [3.63, 3.8) is 0 Å². The Kier molecular flexibility index (Phi) is 2.70. The number of ketones is 2. The number of esters is 1. The second-order valence-electron chi connectivity index (χ2n) is 8.65. The van der Waals surface area contributed by atoms with Crippen LogP contribution in [-0.4, -0.2) is 35.3 Å². The average Bonchev–Trinajstić information content (AvgIpc) is 2.99. The van der Waals surface area contributed by atoms with Gasteiger partial charge in [-0.2, -0.15) is 0 Å². The number of hydrogen-bond acceptors (Lipinski definition) is 5. The third kappa shape index (κ3) is 1.57. The molecule has 0 aromatic heterocycles. The van der Waals surface area contributed by atoms with Crippen molar-refractivity contribution in [2.75, 3.05) is 0 Å². The lowest BCUT2D eigenvalue weighted by Gasteiger charge is -2.41. The summed E-state index contributed by atoms with van der Waals surface area (Å²) in [5, 5.41) is 0. The van der Waals surface area contributed by atoms with Gasteiger partial charge in [0.25, 0.3) is 0 Å². The Bertz CT molecular complexity index is 696. The lowest BCUT2D eigenvalue weighted by molar-refractivity contribution is -0.160. The summed E-state index contributed by atoms with van der Waals surface area (Å²) in [6, 6.07) is 0. The molecular weight excluding hydrogens is 308 g/mol. The van der Waals surface area contributed by atoms with Gasteiger partial charge in [-0.15, -0.1) is 0 Å². The molecule has 9 atom stereocenters. The average molecular weight is 330 g/mol. The summed E-state index contributed by atoms with van der Waals surface area (Å²) < 4.78 is 11.8. The van der Waals surface area contributed by atoms with E-state index in [-0.39, 0.29) is 53.2 Å². The number of ether oxygens (including phenoxy) is 2. The van der Waals surface area contributed by atoms with Crippen LogP contribution < -0.4 is 0 Å². The van der Waals surface area contributed by atoms with Crippen molar-refractivity contribution in [1.82, 2.24) is 0 Å². The monoisotopic (exact) mass is 330 g/mol. The molecule has 128 valence electrons. The van der Waals surface area contributed by atoms with E-state index in [0.29, 0.717) is 12.8 Å². The Hall–Kier alpha value is -1.49. The summed E-state index contributed by atoms with van der Waals surface area (Å²) in [5.41, 5.74) is 0.398. The highest BCUT2D eigenvalue weighted by Gasteiger charge is 2.74. The summed E-state index contributed by atoms with van der Waals surface area (Å²) in [5.74, 6) is -1.44. The fourth-order valence-corrected chi connectivity index (χ4v) is 6.39. The molecule has 2 heterocycles. The van der Waals surface area contributed by atoms with E-state index < -0.39 is 17.6 Å². The number of fused-ring (bicyclic) bond motifs is 4.